The summed E-state index contributed by atoms with van der Waals surface area (Å²) in [7, 11) is -2.76. The Balaban J connectivity index is 1.78. The number of aromatic nitrogens is 4. The number of carbonyl (C=O) groups is 1. The van der Waals surface area contributed by atoms with Crippen molar-refractivity contribution < 1.29 is 18.3 Å². The van der Waals surface area contributed by atoms with E-state index >= 15 is 0 Å². The molecular weight excluding hydrogens is 384 g/mol. The van der Waals surface area contributed by atoms with E-state index in [0.29, 0.717) is 11.4 Å². The van der Waals surface area contributed by atoms with Gasteiger partial charge in [0.2, 0.25) is 0 Å². The smallest absolute Gasteiger partial charge is 0.276 e. The Hall–Kier alpha value is -3.73. The first kappa shape index (κ1) is 17.7. The highest BCUT2D eigenvalue weighted by atomic mass is 32.2. The van der Waals surface area contributed by atoms with E-state index in [0.717, 1.165) is 4.31 Å². The fourth-order valence-corrected chi connectivity index (χ4v) is 4.31. The number of amides is 1. The molecule has 0 spiro atoms. The van der Waals surface area contributed by atoms with Crippen LogP contribution in [0.25, 0.3) is 11.4 Å². The predicted octanol–water partition coefficient (Wildman–Crippen LogP) is 1.16. The van der Waals surface area contributed by atoms with Crippen LogP contribution in [-0.4, -0.2) is 51.0 Å². The lowest BCUT2D eigenvalue weighted by atomic mass is 10.1. The number of aliphatic hydroxyl groups is 1. The van der Waals surface area contributed by atoms with Crippen LogP contribution in [0.1, 0.15) is 5.56 Å². The maximum absolute atomic E-state index is 12.9. The first-order chi connectivity index (χ1) is 13.4. The van der Waals surface area contributed by atoms with Crippen LogP contribution in [-0.2, 0) is 14.8 Å². The molecule has 1 aliphatic rings. The summed E-state index contributed by atoms with van der Waals surface area (Å²) < 4.78 is 27.6. The molecule has 4 rings (SSSR count). The second-order valence-corrected chi connectivity index (χ2v) is 7.83. The highest BCUT2D eigenvalue weighted by Gasteiger charge is 2.37. The Morgan fingerprint density at radius 3 is 2.57 bits per heavy atom. The number of rotatable bonds is 3. The summed E-state index contributed by atoms with van der Waals surface area (Å²) in [6.45, 7) is 0. The Labute approximate surface area is 159 Å². The third-order valence-corrected chi connectivity index (χ3v) is 6.10. The molecule has 1 amide bonds. The number of hydrogen-bond acceptors (Lipinski definition) is 7. The summed E-state index contributed by atoms with van der Waals surface area (Å²) in [5, 5.41) is 24.1. The lowest BCUT2D eigenvalue weighted by molar-refractivity contribution is -0.113. The van der Waals surface area contributed by atoms with Crippen molar-refractivity contribution in [3.63, 3.8) is 0 Å². The number of sulfonamides is 1. The minimum Gasteiger partial charge on any atom is -0.505 e. The van der Waals surface area contributed by atoms with Crippen LogP contribution in [0.4, 0.5) is 5.69 Å². The molecule has 0 saturated carbocycles. The number of carbonyl (C=O) groups excluding carboxylic acids is 1. The minimum atomic E-state index is -3.98. The SMILES string of the molecule is CN1C(C(=O)Nc2ccccc2-n2cnnn2)=C(O)c2ccccc2S1(=O)=O. The highest BCUT2D eigenvalue weighted by Crippen LogP contribution is 2.35. The molecule has 11 heteroatoms. The van der Waals surface area contributed by atoms with Gasteiger partial charge in [-0.05, 0) is 34.7 Å². The third kappa shape index (κ3) is 2.68. The maximum atomic E-state index is 12.9. The number of benzene rings is 2. The van der Waals surface area contributed by atoms with Gasteiger partial charge in [-0.3, -0.25) is 9.10 Å². The Morgan fingerprint density at radius 1 is 1.11 bits per heavy atom. The van der Waals surface area contributed by atoms with E-state index in [1.54, 1.807) is 36.4 Å². The van der Waals surface area contributed by atoms with Crippen molar-refractivity contribution in [2.75, 3.05) is 12.4 Å². The number of para-hydroxylation sites is 2. The molecule has 2 aromatic carbocycles. The zero-order chi connectivity index (χ0) is 19.9. The first-order valence-electron chi connectivity index (χ1n) is 8.06. The van der Waals surface area contributed by atoms with Gasteiger partial charge >= 0.3 is 0 Å². The van der Waals surface area contributed by atoms with Crippen molar-refractivity contribution in [1.82, 2.24) is 24.5 Å². The normalized spacial score (nSPS) is 15.2. The Bertz CT molecular complexity index is 1200. The number of tetrazole rings is 1. The average Bonchev–Trinajstić information content (AvgIpc) is 3.22. The van der Waals surface area contributed by atoms with E-state index in [2.05, 4.69) is 20.8 Å². The van der Waals surface area contributed by atoms with Gasteiger partial charge in [0.1, 0.15) is 6.33 Å². The predicted molar refractivity (Wildman–Crippen MR) is 98.7 cm³/mol. The molecule has 0 aliphatic carbocycles. The standard InChI is InChI=1S/C17H14N6O4S/c1-22-15(16(24)11-6-2-5-9-14(11)28(22,26)27)17(25)19-12-7-3-4-8-13(12)23-10-18-20-21-23/h2-10,24H,1H3,(H,19,25). The molecule has 2 N–H and O–H groups in total. The number of nitrogens with zero attached hydrogens (tertiary/aromatic N) is 5. The van der Waals surface area contributed by atoms with Crippen molar-refractivity contribution in [3.8, 4) is 5.69 Å². The molecule has 10 nitrogen and oxygen atoms in total. The van der Waals surface area contributed by atoms with Crippen molar-refractivity contribution in [2.24, 2.45) is 0 Å². The van der Waals surface area contributed by atoms with Gasteiger partial charge in [-0.2, -0.15) is 4.68 Å². The number of fused-ring (bicyclic) bond motifs is 1. The van der Waals surface area contributed by atoms with E-state index in [9.17, 15) is 18.3 Å². The van der Waals surface area contributed by atoms with Crippen LogP contribution >= 0.6 is 0 Å². The number of aliphatic hydroxyl groups excluding tert-OH is 1. The molecule has 0 atom stereocenters. The van der Waals surface area contributed by atoms with E-state index in [4.69, 9.17) is 0 Å². The van der Waals surface area contributed by atoms with Crippen molar-refractivity contribution >= 4 is 27.4 Å². The first-order valence-corrected chi connectivity index (χ1v) is 9.50. The topological polar surface area (TPSA) is 130 Å². The van der Waals surface area contributed by atoms with Gasteiger partial charge in [0.25, 0.3) is 15.9 Å². The fourth-order valence-electron chi connectivity index (χ4n) is 2.91. The quantitative estimate of drug-likeness (QED) is 0.677. The molecule has 0 saturated heterocycles. The van der Waals surface area contributed by atoms with Gasteiger partial charge in [-0.1, -0.05) is 24.3 Å². The Morgan fingerprint density at radius 2 is 1.82 bits per heavy atom. The molecule has 28 heavy (non-hydrogen) atoms. The second-order valence-electron chi connectivity index (χ2n) is 5.89. The van der Waals surface area contributed by atoms with Gasteiger partial charge in [0.05, 0.1) is 16.3 Å². The van der Waals surface area contributed by atoms with E-state index in [1.807, 2.05) is 0 Å². The van der Waals surface area contributed by atoms with Gasteiger partial charge in [0, 0.05) is 12.6 Å². The third-order valence-electron chi connectivity index (χ3n) is 4.28. The van der Waals surface area contributed by atoms with Crippen molar-refractivity contribution in [1.29, 1.82) is 0 Å². The number of anilines is 1. The second kappa shape index (κ2) is 6.46. The van der Waals surface area contributed by atoms with Gasteiger partial charge < -0.3 is 10.4 Å². The molecule has 0 bridgehead atoms. The minimum absolute atomic E-state index is 0.0689. The molecule has 0 fully saturated rings. The van der Waals surface area contributed by atoms with Gasteiger partial charge in [-0.25, -0.2) is 8.42 Å². The lowest BCUT2D eigenvalue weighted by Gasteiger charge is -2.28. The summed E-state index contributed by atoms with van der Waals surface area (Å²) >= 11 is 0. The van der Waals surface area contributed by atoms with Crippen LogP contribution in [0.15, 0.2) is 65.5 Å². The van der Waals surface area contributed by atoms with E-state index < -0.39 is 21.7 Å². The molecule has 2 heterocycles. The van der Waals surface area contributed by atoms with Crippen LogP contribution in [0.2, 0.25) is 0 Å². The van der Waals surface area contributed by atoms with E-state index in [1.165, 1.54) is 30.2 Å². The van der Waals surface area contributed by atoms with Crippen molar-refractivity contribution in [2.45, 2.75) is 4.90 Å². The average molecular weight is 398 g/mol. The molecule has 1 aliphatic heterocycles. The number of likely N-dealkylation sites (N-methyl/N-ethyl adjacent to an activating group) is 1. The summed E-state index contributed by atoms with van der Waals surface area (Å²) in [6.07, 6.45) is 1.36. The van der Waals surface area contributed by atoms with Gasteiger partial charge in [0.15, 0.2) is 11.5 Å². The van der Waals surface area contributed by atoms with Crippen LogP contribution < -0.4 is 5.32 Å². The summed E-state index contributed by atoms with van der Waals surface area (Å²) in [5.74, 6) is -1.22. The van der Waals surface area contributed by atoms with Crippen molar-refractivity contribution in [3.05, 3.63) is 66.1 Å². The molecule has 0 unspecified atom stereocenters. The highest BCUT2D eigenvalue weighted by molar-refractivity contribution is 7.89. The number of nitrogens with one attached hydrogen (secondary N) is 1. The fraction of sp³-hybridized carbons (Fsp3) is 0.0588. The zero-order valence-electron chi connectivity index (χ0n) is 14.5. The molecule has 1 aromatic heterocycles. The molecular formula is C17H14N6O4S. The largest absolute Gasteiger partial charge is 0.505 e. The lowest BCUT2D eigenvalue weighted by Crippen LogP contribution is -2.37. The molecule has 0 radical (unpaired) electrons. The summed E-state index contributed by atoms with van der Waals surface area (Å²) in [4.78, 5) is 12.8. The zero-order valence-corrected chi connectivity index (χ0v) is 15.3. The van der Waals surface area contributed by atoms with Crippen LogP contribution in [0.3, 0.4) is 0 Å². The Kier molecular flexibility index (Phi) is 4.08. The molecule has 3 aromatic rings. The number of hydrogen-bond donors (Lipinski definition) is 2. The van der Waals surface area contributed by atoms with E-state index in [-0.39, 0.29) is 16.2 Å². The monoisotopic (exact) mass is 398 g/mol. The summed E-state index contributed by atoms with van der Waals surface area (Å²) in [5.41, 5.74) is 0.497. The van der Waals surface area contributed by atoms with Crippen LogP contribution in [0.5, 0.6) is 0 Å². The van der Waals surface area contributed by atoms with Crippen LogP contribution in [0, 0.1) is 0 Å². The molecule has 142 valence electrons. The summed E-state index contributed by atoms with van der Waals surface area (Å²) in [6, 6.07) is 12.7. The van der Waals surface area contributed by atoms with Gasteiger partial charge in [-0.15, -0.1) is 5.10 Å². The maximum Gasteiger partial charge on any atom is 0.276 e.